The fraction of sp³-hybridized carbons (Fsp3) is 0.174. The van der Waals surface area contributed by atoms with E-state index in [4.69, 9.17) is 16.6 Å². The lowest BCUT2D eigenvalue weighted by Gasteiger charge is -2.40. The zero-order valence-electron chi connectivity index (χ0n) is 16.3. The van der Waals surface area contributed by atoms with Gasteiger partial charge in [0, 0.05) is 20.7 Å². The number of anilines is 1. The van der Waals surface area contributed by atoms with Crippen LogP contribution in [0.3, 0.4) is 0 Å². The standard InChI is InChI=1S/C23H17Br2ClN4O/c24-15-4-1-3-13(9-15)21(31)28-18-6-5-14(10-17(18)26)23(7-2-8-23)22-29-19-11-16(25)12-27-20(19)30-22/h1,3-6,9-12H,2,7-8H2,(H,28,31)(H,27,29,30). The summed E-state index contributed by atoms with van der Waals surface area (Å²) in [6.07, 6.45) is 4.83. The van der Waals surface area contributed by atoms with Gasteiger partial charge in [0.05, 0.1) is 21.6 Å². The minimum atomic E-state index is -0.219. The monoisotopic (exact) mass is 558 g/mol. The smallest absolute Gasteiger partial charge is 0.255 e. The molecular formula is C23H17Br2ClN4O. The lowest BCUT2D eigenvalue weighted by atomic mass is 9.64. The second-order valence-corrected chi connectivity index (χ2v) is 9.94. The fourth-order valence-electron chi connectivity index (χ4n) is 4.03. The number of amides is 1. The Morgan fingerprint density at radius 3 is 2.65 bits per heavy atom. The van der Waals surface area contributed by atoms with Crippen LogP contribution in [0.4, 0.5) is 5.69 Å². The van der Waals surface area contributed by atoms with Gasteiger partial charge in [-0.3, -0.25) is 4.79 Å². The van der Waals surface area contributed by atoms with E-state index in [9.17, 15) is 4.79 Å². The first-order chi connectivity index (χ1) is 14.9. The predicted molar refractivity (Wildman–Crippen MR) is 130 cm³/mol. The average molecular weight is 561 g/mol. The van der Waals surface area contributed by atoms with Crippen LogP contribution >= 0.6 is 43.5 Å². The third-order valence-corrected chi connectivity index (χ3v) is 7.06. The summed E-state index contributed by atoms with van der Waals surface area (Å²) in [6, 6.07) is 15.1. The van der Waals surface area contributed by atoms with Gasteiger partial charge in [0.1, 0.15) is 5.82 Å². The van der Waals surface area contributed by atoms with Crippen molar-refractivity contribution in [3.63, 3.8) is 0 Å². The van der Waals surface area contributed by atoms with Crippen molar-refractivity contribution in [1.82, 2.24) is 15.0 Å². The molecule has 0 unspecified atom stereocenters. The topological polar surface area (TPSA) is 70.7 Å². The number of pyridine rings is 1. The molecule has 31 heavy (non-hydrogen) atoms. The Hall–Kier alpha value is -2.22. The third-order valence-electron chi connectivity index (χ3n) is 5.82. The highest BCUT2D eigenvalue weighted by Crippen LogP contribution is 2.49. The highest BCUT2D eigenvalue weighted by Gasteiger charge is 2.43. The molecule has 4 aromatic rings. The minimum Gasteiger partial charge on any atom is -0.340 e. The molecule has 1 saturated carbocycles. The second kappa shape index (κ2) is 8.04. The van der Waals surface area contributed by atoms with Gasteiger partial charge < -0.3 is 10.3 Å². The number of H-pyrrole nitrogens is 1. The fourth-order valence-corrected chi connectivity index (χ4v) is 4.99. The van der Waals surface area contributed by atoms with E-state index in [0.717, 1.165) is 45.1 Å². The quantitative estimate of drug-likeness (QED) is 0.287. The predicted octanol–water partition coefficient (Wildman–Crippen LogP) is 6.86. The van der Waals surface area contributed by atoms with Crippen LogP contribution in [-0.4, -0.2) is 20.9 Å². The molecule has 5 nitrogen and oxygen atoms in total. The summed E-state index contributed by atoms with van der Waals surface area (Å²) < 4.78 is 1.76. The molecule has 0 saturated heterocycles. The number of imidazole rings is 1. The summed E-state index contributed by atoms with van der Waals surface area (Å²) in [5, 5.41) is 3.41. The van der Waals surface area contributed by atoms with E-state index in [1.165, 1.54) is 0 Å². The molecule has 5 rings (SSSR count). The molecule has 1 fully saturated rings. The summed E-state index contributed by atoms with van der Waals surface area (Å²) in [5.74, 6) is 0.699. The van der Waals surface area contributed by atoms with Gasteiger partial charge in [0.25, 0.3) is 5.91 Å². The van der Waals surface area contributed by atoms with Crippen molar-refractivity contribution in [3.8, 4) is 0 Å². The van der Waals surface area contributed by atoms with E-state index in [2.05, 4.69) is 47.1 Å². The van der Waals surface area contributed by atoms with E-state index in [1.807, 2.05) is 36.4 Å². The molecule has 1 aliphatic rings. The number of carbonyl (C=O) groups is 1. The highest BCUT2D eigenvalue weighted by molar-refractivity contribution is 9.10. The first-order valence-corrected chi connectivity index (χ1v) is 11.8. The molecule has 0 aliphatic heterocycles. The van der Waals surface area contributed by atoms with Gasteiger partial charge in [-0.05, 0) is 70.7 Å². The summed E-state index contributed by atoms with van der Waals surface area (Å²) in [6.45, 7) is 0. The van der Waals surface area contributed by atoms with Crippen molar-refractivity contribution in [3.05, 3.63) is 85.6 Å². The number of rotatable bonds is 4. The van der Waals surface area contributed by atoms with Crippen molar-refractivity contribution in [1.29, 1.82) is 0 Å². The Balaban J connectivity index is 1.45. The van der Waals surface area contributed by atoms with Gasteiger partial charge in [0.2, 0.25) is 0 Å². The molecule has 1 aliphatic carbocycles. The van der Waals surface area contributed by atoms with Crippen LogP contribution in [0.1, 0.15) is 41.0 Å². The van der Waals surface area contributed by atoms with Gasteiger partial charge in [-0.1, -0.05) is 46.1 Å². The highest BCUT2D eigenvalue weighted by atomic mass is 79.9. The summed E-state index contributed by atoms with van der Waals surface area (Å²) in [7, 11) is 0. The Bertz CT molecular complexity index is 1320. The maximum absolute atomic E-state index is 12.6. The molecular weight excluding hydrogens is 544 g/mol. The maximum Gasteiger partial charge on any atom is 0.255 e. The Morgan fingerprint density at radius 1 is 1.10 bits per heavy atom. The van der Waals surface area contributed by atoms with Gasteiger partial charge in [-0.2, -0.15) is 0 Å². The van der Waals surface area contributed by atoms with Crippen LogP contribution in [0.2, 0.25) is 5.02 Å². The van der Waals surface area contributed by atoms with E-state index in [1.54, 1.807) is 18.3 Å². The van der Waals surface area contributed by atoms with E-state index >= 15 is 0 Å². The molecule has 0 atom stereocenters. The number of aromatic nitrogens is 3. The summed E-state index contributed by atoms with van der Waals surface area (Å²) >= 11 is 13.4. The Labute approximate surface area is 200 Å². The molecule has 1 amide bonds. The molecule has 2 aromatic heterocycles. The van der Waals surface area contributed by atoms with Crippen molar-refractivity contribution < 1.29 is 4.79 Å². The van der Waals surface area contributed by atoms with Crippen molar-refractivity contribution in [2.75, 3.05) is 5.32 Å². The van der Waals surface area contributed by atoms with Crippen LogP contribution < -0.4 is 5.32 Å². The first-order valence-electron chi connectivity index (χ1n) is 9.83. The number of fused-ring (bicyclic) bond motifs is 1. The van der Waals surface area contributed by atoms with E-state index in [0.29, 0.717) is 21.9 Å². The number of nitrogens with zero attached hydrogens (tertiary/aromatic N) is 2. The lowest BCUT2D eigenvalue weighted by molar-refractivity contribution is 0.102. The molecule has 0 bridgehead atoms. The second-order valence-electron chi connectivity index (χ2n) is 7.70. The first kappa shape index (κ1) is 20.7. The summed E-state index contributed by atoms with van der Waals surface area (Å²) in [4.78, 5) is 25.2. The zero-order valence-corrected chi connectivity index (χ0v) is 20.2. The van der Waals surface area contributed by atoms with Gasteiger partial charge in [-0.25, -0.2) is 9.97 Å². The number of nitrogens with one attached hydrogen (secondary N) is 2. The minimum absolute atomic E-state index is 0.205. The normalized spacial score (nSPS) is 14.9. The Morgan fingerprint density at radius 2 is 1.94 bits per heavy atom. The van der Waals surface area contributed by atoms with Crippen LogP contribution in [0, 0.1) is 0 Å². The summed E-state index contributed by atoms with van der Waals surface area (Å²) in [5.41, 5.74) is 3.62. The lowest BCUT2D eigenvalue weighted by Crippen LogP contribution is -2.36. The zero-order chi connectivity index (χ0) is 21.6. The molecule has 2 aromatic carbocycles. The Kier molecular flexibility index (Phi) is 5.36. The molecule has 0 radical (unpaired) electrons. The van der Waals surface area contributed by atoms with Crippen LogP contribution in [-0.2, 0) is 5.41 Å². The molecule has 2 N–H and O–H groups in total. The number of halogens is 3. The number of aromatic amines is 1. The average Bonchev–Trinajstić information content (AvgIpc) is 3.12. The van der Waals surface area contributed by atoms with Crippen molar-refractivity contribution >= 4 is 66.2 Å². The van der Waals surface area contributed by atoms with Crippen molar-refractivity contribution in [2.45, 2.75) is 24.7 Å². The number of benzene rings is 2. The SMILES string of the molecule is O=C(Nc1ccc(C2(c3nc4ncc(Br)cc4[nH]3)CCC2)cc1Cl)c1cccc(Br)c1. The number of carbonyl (C=O) groups excluding carboxylic acids is 1. The number of hydrogen-bond acceptors (Lipinski definition) is 3. The molecule has 8 heteroatoms. The third kappa shape index (κ3) is 3.79. The largest absolute Gasteiger partial charge is 0.340 e. The number of hydrogen-bond donors (Lipinski definition) is 2. The van der Waals surface area contributed by atoms with Gasteiger partial charge in [-0.15, -0.1) is 0 Å². The van der Waals surface area contributed by atoms with E-state index < -0.39 is 0 Å². The van der Waals surface area contributed by atoms with Gasteiger partial charge in [0.15, 0.2) is 5.65 Å². The van der Waals surface area contributed by atoms with E-state index in [-0.39, 0.29) is 11.3 Å². The van der Waals surface area contributed by atoms with Crippen molar-refractivity contribution in [2.24, 2.45) is 0 Å². The molecule has 2 heterocycles. The molecule has 0 spiro atoms. The van der Waals surface area contributed by atoms with Crippen LogP contribution in [0.15, 0.2) is 63.7 Å². The van der Waals surface area contributed by atoms with Crippen LogP contribution in [0.25, 0.3) is 11.2 Å². The maximum atomic E-state index is 12.6. The van der Waals surface area contributed by atoms with Gasteiger partial charge >= 0.3 is 0 Å². The molecule has 156 valence electrons. The van der Waals surface area contributed by atoms with Crippen LogP contribution in [0.5, 0.6) is 0 Å².